The normalized spacial score (nSPS) is 20.7. The summed E-state index contributed by atoms with van der Waals surface area (Å²) in [6.07, 6.45) is 4.05. The van der Waals surface area contributed by atoms with E-state index in [-0.39, 0.29) is 5.54 Å². The first-order chi connectivity index (χ1) is 11.9. The fourth-order valence-corrected chi connectivity index (χ4v) is 3.54. The number of hydrogen-bond donors (Lipinski definition) is 1. The lowest BCUT2D eigenvalue weighted by atomic mass is 9.97. The van der Waals surface area contributed by atoms with Gasteiger partial charge < -0.3 is 10.2 Å². The Morgan fingerprint density at radius 3 is 2.84 bits per heavy atom. The number of rotatable bonds is 5. The Labute approximate surface area is 150 Å². The highest BCUT2D eigenvalue weighted by Gasteiger charge is 2.41. The van der Waals surface area contributed by atoms with Crippen LogP contribution >= 0.6 is 0 Å². The van der Waals surface area contributed by atoms with Crippen molar-refractivity contribution in [2.75, 3.05) is 37.9 Å². The van der Waals surface area contributed by atoms with Crippen molar-refractivity contribution >= 4 is 11.6 Å². The molecule has 3 rings (SSSR count). The van der Waals surface area contributed by atoms with E-state index in [1.807, 2.05) is 51.3 Å². The first kappa shape index (κ1) is 17.6. The monoisotopic (exact) mass is 340 g/mol. The van der Waals surface area contributed by atoms with Crippen molar-refractivity contribution in [2.24, 2.45) is 0 Å². The third kappa shape index (κ3) is 3.44. The molecule has 1 aliphatic heterocycles. The smallest absolute Gasteiger partial charge is 0.150 e. The molecule has 0 amide bonds. The van der Waals surface area contributed by atoms with Gasteiger partial charge in [0.15, 0.2) is 5.82 Å². The maximum Gasteiger partial charge on any atom is 0.150 e. The van der Waals surface area contributed by atoms with Gasteiger partial charge in [0.1, 0.15) is 11.6 Å². The number of aryl methyl sites for hydroxylation is 1. The Balaban J connectivity index is 1.94. The third-order valence-corrected chi connectivity index (χ3v) is 5.06. The van der Waals surface area contributed by atoms with Gasteiger partial charge in [-0.15, -0.1) is 0 Å². The summed E-state index contributed by atoms with van der Waals surface area (Å²) in [5, 5.41) is 3.19. The first-order valence-corrected chi connectivity index (χ1v) is 8.84. The van der Waals surface area contributed by atoms with Crippen molar-refractivity contribution in [3.05, 3.63) is 41.5 Å². The second-order valence-electron chi connectivity index (χ2n) is 7.15. The molecule has 0 spiro atoms. The highest BCUT2D eigenvalue weighted by Crippen LogP contribution is 2.38. The van der Waals surface area contributed by atoms with Crippen LogP contribution < -0.4 is 10.2 Å². The number of pyridine rings is 1. The van der Waals surface area contributed by atoms with Crippen molar-refractivity contribution in [1.29, 1.82) is 0 Å². The molecular formula is C19H28N6. The average Bonchev–Trinajstić information content (AvgIpc) is 2.97. The Morgan fingerprint density at radius 1 is 1.32 bits per heavy atom. The van der Waals surface area contributed by atoms with Gasteiger partial charge in [-0.1, -0.05) is 6.07 Å². The van der Waals surface area contributed by atoms with E-state index in [9.17, 15) is 0 Å². The molecule has 1 unspecified atom stereocenters. The molecule has 1 aliphatic rings. The summed E-state index contributed by atoms with van der Waals surface area (Å²) in [5.74, 6) is 2.83. The van der Waals surface area contributed by atoms with E-state index in [0.29, 0.717) is 0 Å². The zero-order valence-corrected chi connectivity index (χ0v) is 15.9. The maximum absolute atomic E-state index is 4.86. The Morgan fingerprint density at radius 2 is 2.12 bits per heavy atom. The summed E-state index contributed by atoms with van der Waals surface area (Å²) in [4.78, 5) is 18.6. The minimum atomic E-state index is -0.155. The summed E-state index contributed by atoms with van der Waals surface area (Å²) in [6.45, 7) is 6.20. The molecule has 0 saturated carbocycles. The van der Waals surface area contributed by atoms with Crippen LogP contribution in [0.25, 0.3) is 0 Å². The van der Waals surface area contributed by atoms with Crippen LogP contribution in [-0.4, -0.2) is 47.5 Å². The van der Waals surface area contributed by atoms with Crippen molar-refractivity contribution in [1.82, 2.24) is 19.9 Å². The molecule has 6 heteroatoms. The van der Waals surface area contributed by atoms with Gasteiger partial charge in [0.2, 0.25) is 0 Å². The van der Waals surface area contributed by atoms with Gasteiger partial charge in [-0.25, -0.2) is 15.0 Å². The summed E-state index contributed by atoms with van der Waals surface area (Å²) < 4.78 is 0. The molecular weight excluding hydrogens is 312 g/mol. The lowest BCUT2D eigenvalue weighted by Crippen LogP contribution is -2.40. The first-order valence-electron chi connectivity index (χ1n) is 8.84. The number of hydrogen-bond acceptors (Lipinski definition) is 6. The Kier molecular flexibility index (Phi) is 4.90. The number of nitrogens with one attached hydrogen (secondary N) is 1. The molecule has 0 bridgehead atoms. The van der Waals surface area contributed by atoms with E-state index in [2.05, 4.69) is 28.2 Å². The fourth-order valence-electron chi connectivity index (χ4n) is 3.54. The predicted octanol–water partition coefficient (Wildman–Crippen LogP) is 2.80. The van der Waals surface area contributed by atoms with Crippen LogP contribution in [-0.2, 0) is 12.1 Å². The molecule has 1 saturated heterocycles. The summed E-state index contributed by atoms with van der Waals surface area (Å²) in [7, 11) is 5.96. The van der Waals surface area contributed by atoms with Gasteiger partial charge >= 0.3 is 0 Å². The van der Waals surface area contributed by atoms with Crippen LogP contribution in [0.2, 0.25) is 0 Å². The van der Waals surface area contributed by atoms with Crippen LogP contribution in [0.15, 0.2) is 24.4 Å². The highest BCUT2D eigenvalue weighted by molar-refractivity contribution is 5.43. The molecule has 134 valence electrons. The van der Waals surface area contributed by atoms with Gasteiger partial charge in [-0.3, -0.25) is 4.90 Å². The molecule has 0 aromatic carbocycles. The van der Waals surface area contributed by atoms with E-state index in [1.165, 1.54) is 5.56 Å². The van der Waals surface area contributed by atoms with Crippen LogP contribution in [0.4, 0.5) is 11.6 Å². The lowest BCUT2D eigenvalue weighted by molar-refractivity contribution is 0.138. The Hall–Kier alpha value is -2.21. The van der Waals surface area contributed by atoms with Crippen molar-refractivity contribution in [2.45, 2.75) is 38.8 Å². The molecule has 25 heavy (non-hydrogen) atoms. The minimum absolute atomic E-state index is 0.155. The van der Waals surface area contributed by atoms with Crippen LogP contribution in [0.3, 0.4) is 0 Å². The largest absolute Gasteiger partial charge is 0.373 e. The van der Waals surface area contributed by atoms with Crippen molar-refractivity contribution in [3.8, 4) is 0 Å². The number of nitrogens with zero attached hydrogens (tertiary/aromatic N) is 5. The topological polar surface area (TPSA) is 57.2 Å². The molecule has 1 N–H and O–H groups in total. The predicted molar refractivity (Wildman–Crippen MR) is 102 cm³/mol. The highest BCUT2D eigenvalue weighted by atomic mass is 15.3. The number of anilines is 2. The second kappa shape index (κ2) is 6.96. The average molecular weight is 340 g/mol. The van der Waals surface area contributed by atoms with Crippen molar-refractivity contribution in [3.63, 3.8) is 0 Å². The van der Waals surface area contributed by atoms with E-state index in [1.54, 1.807) is 0 Å². The summed E-state index contributed by atoms with van der Waals surface area (Å²) in [5.41, 5.74) is 2.06. The molecule has 2 aromatic heterocycles. The van der Waals surface area contributed by atoms with Gasteiger partial charge in [-0.05, 0) is 39.3 Å². The molecule has 2 aromatic rings. The van der Waals surface area contributed by atoms with E-state index in [4.69, 9.17) is 9.97 Å². The zero-order chi connectivity index (χ0) is 18.0. The summed E-state index contributed by atoms with van der Waals surface area (Å²) >= 11 is 0. The molecule has 1 fully saturated rings. The van der Waals surface area contributed by atoms with Crippen LogP contribution in [0.5, 0.6) is 0 Å². The van der Waals surface area contributed by atoms with Gasteiger partial charge in [0.05, 0.1) is 5.54 Å². The third-order valence-electron chi connectivity index (χ3n) is 5.06. The quantitative estimate of drug-likeness (QED) is 0.903. The minimum Gasteiger partial charge on any atom is -0.373 e. The zero-order valence-electron chi connectivity index (χ0n) is 15.9. The van der Waals surface area contributed by atoms with E-state index < -0.39 is 0 Å². The van der Waals surface area contributed by atoms with Crippen LogP contribution in [0, 0.1) is 6.92 Å². The standard InChI is InChI=1S/C19H28N6/c1-14-12-16(24(4)5)23-18(22-14)19(2)9-7-11-25(19)13-15-8-6-10-21-17(15)20-3/h6,8,10,12H,7,9,11,13H2,1-5H3,(H,20,21). The van der Waals surface area contributed by atoms with Gasteiger partial charge in [0, 0.05) is 51.2 Å². The molecule has 1 atom stereocenters. The van der Waals surface area contributed by atoms with Crippen LogP contribution in [0.1, 0.15) is 36.8 Å². The molecule has 6 nitrogen and oxygen atoms in total. The fraction of sp³-hybridized carbons (Fsp3) is 0.526. The van der Waals surface area contributed by atoms with E-state index in [0.717, 1.165) is 49.1 Å². The van der Waals surface area contributed by atoms with Gasteiger partial charge in [0.25, 0.3) is 0 Å². The molecule has 0 radical (unpaired) electrons. The van der Waals surface area contributed by atoms with Crippen molar-refractivity contribution < 1.29 is 0 Å². The second-order valence-corrected chi connectivity index (χ2v) is 7.15. The van der Waals surface area contributed by atoms with E-state index >= 15 is 0 Å². The Bertz CT molecular complexity index is 744. The number of aromatic nitrogens is 3. The molecule has 3 heterocycles. The number of likely N-dealkylation sites (tertiary alicyclic amines) is 1. The SMILES string of the molecule is CNc1ncccc1CN1CCCC1(C)c1nc(C)cc(N(C)C)n1. The summed E-state index contributed by atoms with van der Waals surface area (Å²) in [6, 6.07) is 6.17. The van der Waals surface area contributed by atoms with Gasteiger partial charge in [-0.2, -0.15) is 0 Å². The molecule has 0 aliphatic carbocycles. The maximum atomic E-state index is 4.86. The lowest BCUT2D eigenvalue weighted by Gasteiger charge is -2.34.